The van der Waals surface area contributed by atoms with Crippen LogP contribution in [-0.4, -0.2) is 23.3 Å². The van der Waals surface area contributed by atoms with E-state index >= 15 is 0 Å². The lowest BCUT2D eigenvalue weighted by Crippen LogP contribution is -2.58. The van der Waals surface area contributed by atoms with Gasteiger partial charge in [0.1, 0.15) is 5.41 Å². The van der Waals surface area contributed by atoms with E-state index in [1.807, 2.05) is 20.8 Å². The van der Waals surface area contributed by atoms with Crippen LogP contribution in [0.3, 0.4) is 0 Å². The Bertz CT molecular complexity index is 724. The summed E-state index contributed by atoms with van der Waals surface area (Å²) in [6, 6.07) is 4.34. The molecule has 1 aromatic rings. The molecule has 4 nitrogen and oxygen atoms in total. The quantitative estimate of drug-likeness (QED) is 0.654. The Labute approximate surface area is 147 Å². The van der Waals surface area contributed by atoms with Crippen LogP contribution in [0.1, 0.15) is 52.2 Å². The molecule has 2 aliphatic rings. The van der Waals surface area contributed by atoms with Crippen molar-refractivity contribution in [1.29, 1.82) is 0 Å². The van der Waals surface area contributed by atoms with Gasteiger partial charge >= 0.3 is 5.97 Å². The summed E-state index contributed by atoms with van der Waals surface area (Å²) in [5.74, 6) is -1.31. The molecule has 1 aromatic carbocycles. The molecule has 0 radical (unpaired) electrons. The van der Waals surface area contributed by atoms with Crippen LogP contribution in [-0.2, 0) is 14.3 Å². The zero-order chi connectivity index (χ0) is 18.4. The van der Waals surface area contributed by atoms with Gasteiger partial charge in [-0.15, -0.1) is 0 Å². The van der Waals surface area contributed by atoms with Crippen LogP contribution in [0, 0.1) is 17.2 Å². The number of carbonyl (C=O) groups is 1. The maximum Gasteiger partial charge on any atom is 0.315 e. The normalized spacial score (nSPS) is 30.5. The Kier molecular flexibility index (Phi) is 4.40. The molecule has 0 aromatic heterocycles. The van der Waals surface area contributed by atoms with Gasteiger partial charge in [-0.3, -0.25) is 4.79 Å². The van der Waals surface area contributed by atoms with Crippen molar-refractivity contribution in [2.24, 2.45) is 11.3 Å². The van der Waals surface area contributed by atoms with Gasteiger partial charge in [-0.25, -0.2) is 4.39 Å². The molecule has 25 heavy (non-hydrogen) atoms. The Hall–Kier alpha value is -1.88. The fraction of sp³-hybridized carbons (Fsp3) is 0.550. The van der Waals surface area contributed by atoms with E-state index in [1.165, 1.54) is 12.1 Å². The maximum atomic E-state index is 13.9. The van der Waals surface area contributed by atoms with Crippen molar-refractivity contribution in [2.45, 2.75) is 52.2 Å². The summed E-state index contributed by atoms with van der Waals surface area (Å²) >= 11 is 0. The molecule has 1 heterocycles. The number of halogens is 1. The minimum absolute atomic E-state index is 0.0323. The van der Waals surface area contributed by atoms with Crippen molar-refractivity contribution >= 4 is 5.97 Å². The molecule has 0 saturated carbocycles. The number of rotatable bonds is 3. The van der Waals surface area contributed by atoms with Crippen LogP contribution >= 0.6 is 0 Å². The highest BCUT2D eigenvalue weighted by molar-refractivity contribution is 5.79. The summed E-state index contributed by atoms with van der Waals surface area (Å²) in [7, 11) is 0. The number of carbonyl (C=O) groups excluding carboxylic acids is 1. The van der Waals surface area contributed by atoms with E-state index in [2.05, 4.69) is 6.08 Å². The second kappa shape index (κ2) is 6.13. The summed E-state index contributed by atoms with van der Waals surface area (Å²) < 4.78 is 25.6. The van der Waals surface area contributed by atoms with E-state index in [1.54, 1.807) is 13.0 Å². The number of allylic oxidation sites excluding steroid dienone is 1. The third kappa shape index (κ3) is 2.74. The number of fused-ring (bicyclic) bond motifs is 2. The highest BCUT2D eigenvalue weighted by atomic mass is 19.1. The molecule has 1 aliphatic heterocycles. The average Bonchev–Trinajstić information content (AvgIpc) is 2.55. The predicted octanol–water partition coefficient (Wildman–Crippen LogP) is 4.29. The Balaban J connectivity index is 2.04. The van der Waals surface area contributed by atoms with Gasteiger partial charge in [0.15, 0.2) is 11.6 Å². The summed E-state index contributed by atoms with van der Waals surface area (Å²) in [5, 5.41) is 9.46. The zero-order valence-electron chi connectivity index (χ0n) is 15.1. The smallest absolute Gasteiger partial charge is 0.315 e. The van der Waals surface area contributed by atoms with Gasteiger partial charge in [0, 0.05) is 5.92 Å². The Morgan fingerprint density at radius 3 is 2.80 bits per heavy atom. The molecule has 1 N–H and O–H groups in total. The molecule has 0 amide bonds. The molecule has 3 atom stereocenters. The number of hydrogen-bond donors (Lipinski definition) is 1. The second-order valence-electron chi connectivity index (χ2n) is 7.53. The third-order valence-corrected chi connectivity index (χ3v) is 5.83. The van der Waals surface area contributed by atoms with Crippen LogP contribution in [0.2, 0.25) is 0 Å². The molecular formula is C20H25FO4. The molecule has 3 unspecified atom stereocenters. The van der Waals surface area contributed by atoms with Gasteiger partial charge in [-0.05, 0) is 58.2 Å². The van der Waals surface area contributed by atoms with Crippen molar-refractivity contribution in [1.82, 2.24) is 0 Å². The van der Waals surface area contributed by atoms with Crippen LogP contribution in [0.15, 0.2) is 29.8 Å². The minimum Gasteiger partial charge on any atom is -0.505 e. The SMILES string of the molecule is CCOC(=O)C12CC=C(C)C(C1)C(c1ccc(O)c(F)c1)OC2(C)C. The summed E-state index contributed by atoms with van der Waals surface area (Å²) in [6.45, 7) is 7.95. The number of phenolic OH excluding ortho intramolecular Hbond substituents is 1. The van der Waals surface area contributed by atoms with Gasteiger partial charge in [-0.1, -0.05) is 17.7 Å². The van der Waals surface area contributed by atoms with E-state index in [-0.39, 0.29) is 23.7 Å². The van der Waals surface area contributed by atoms with E-state index in [4.69, 9.17) is 9.47 Å². The third-order valence-electron chi connectivity index (χ3n) is 5.83. The van der Waals surface area contributed by atoms with E-state index in [9.17, 15) is 14.3 Å². The van der Waals surface area contributed by atoms with Crippen LogP contribution < -0.4 is 0 Å². The number of esters is 1. The van der Waals surface area contributed by atoms with E-state index in [0.29, 0.717) is 25.0 Å². The number of phenols is 1. The number of benzene rings is 1. The van der Waals surface area contributed by atoms with Crippen LogP contribution in [0.5, 0.6) is 5.75 Å². The van der Waals surface area contributed by atoms with Crippen LogP contribution in [0.4, 0.5) is 4.39 Å². The van der Waals surface area contributed by atoms with Crippen molar-refractivity contribution in [3.8, 4) is 5.75 Å². The topological polar surface area (TPSA) is 55.8 Å². The first-order chi connectivity index (χ1) is 11.7. The molecule has 136 valence electrons. The second-order valence-corrected chi connectivity index (χ2v) is 7.53. The van der Waals surface area contributed by atoms with Crippen molar-refractivity contribution in [3.63, 3.8) is 0 Å². The first kappa shape index (κ1) is 17.9. The van der Waals surface area contributed by atoms with Crippen molar-refractivity contribution in [3.05, 3.63) is 41.2 Å². The monoisotopic (exact) mass is 348 g/mol. The lowest BCUT2D eigenvalue weighted by atomic mass is 9.58. The lowest BCUT2D eigenvalue weighted by Gasteiger charge is -2.55. The molecule has 2 bridgehead atoms. The Morgan fingerprint density at radius 1 is 1.44 bits per heavy atom. The highest BCUT2D eigenvalue weighted by Gasteiger charge is 2.60. The standard InChI is InChI=1S/C20H25FO4/c1-5-24-18(23)20-9-8-12(2)14(11-20)17(25-19(20,3)4)13-6-7-16(22)15(21)10-13/h6-8,10,14,17,22H,5,9,11H2,1-4H3. The number of hydrogen-bond acceptors (Lipinski definition) is 4. The first-order valence-electron chi connectivity index (χ1n) is 8.72. The van der Waals surface area contributed by atoms with Gasteiger partial charge in [0.25, 0.3) is 0 Å². The average molecular weight is 348 g/mol. The van der Waals surface area contributed by atoms with Crippen LogP contribution in [0.25, 0.3) is 0 Å². The van der Waals surface area contributed by atoms with Crippen molar-refractivity contribution < 1.29 is 23.8 Å². The van der Waals surface area contributed by atoms with Crippen molar-refractivity contribution in [2.75, 3.05) is 6.61 Å². The zero-order valence-corrected chi connectivity index (χ0v) is 15.1. The van der Waals surface area contributed by atoms with E-state index < -0.39 is 16.8 Å². The lowest BCUT2D eigenvalue weighted by molar-refractivity contribution is -0.225. The molecule has 5 heteroatoms. The molecule has 1 saturated heterocycles. The van der Waals surface area contributed by atoms with E-state index in [0.717, 1.165) is 5.57 Å². The molecule has 1 fully saturated rings. The van der Waals surface area contributed by atoms with Gasteiger partial charge in [-0.2, -0.15) is 0 Å². The minimum atomic E-state index is -0.758. The molecule has 0 spiro atoms. The number of aromatic hydroxyl groups is 1. The van der Waals surface area contributed by atoms with Gasteiger partial charge < -0.3 is 14.6 Å². The van der Waals surface area contributed by atoms with Gasteiger partial charge in [0.2, 0.25) is 0 Å². The molecule has 3 rings (SSSR count). The fourth-order valence-corrected chi connectivity index (χ4v) is 4.14. The summed E-state index contributed by atoms with van der Waals surface area (Å²) in [6.07, 6.45) is 2.90. The molecule has 1 aliphatic carbocycles. The predicted molar refractivity (Wildman–Crippen MR) is 91.5 cm³/mol. The molecular weight excluding hydrogens is 323 g/mol. The first-order valence-corrected chi connectivity index (χ1v) is 8.72. The summed E-state index contributed by atoms with van der Waals surface area (Å²) in [4.78, 5) is 12.8. The maximum absolute atomic E-state index is 13.9. The van der Waals surface area contributed by atoms with Gasteiger partial charge in [0.05, 0.1) is 18.3 Å². The number of ether oxygens (including phenoxy) is 2. The largest absolute Gasteiger partial charge is 0.505 e. The highest BCUT2D eigenvalue weighted by Crippen LogP contribution is 2.58. The summed E-state index contributed by atoms with van der Waals surface area (Å²) in [5.41, 5.74) is 0.305. The fourth-order valence-electron chi connectivity index (χ4n) is 4.14. The Morgan fingerprint density at radius 2 is 2.16 bits per heavy atom.